The number of aliphatic hydroxyl groups excluding tert-OH is 1. The first-order chi connectivity index (χ1) is 5.79. The molecule has 0 saturated carbocycles. The van der Waals surface area contributed by atoms with Crippen molar-refractivity contribution < 1.29 is 5.11 Å². The molecule has 0 fully saturated rings. The predicted octanol–water partition coefficient (Wildman–Crippen LogP) is 2.04. The van der Waals surface area contributed by atoms with E-state index in [-0.39, 0.29) is 12.6 Å². The molecular formula is C9H15NOS. The largest absolute Gasteiger partial charge is 0.391 e. The molecule has 2 nitrogen and oxygen atoms in total. The van der Waals surface area contributed by atoms with Gasteiger partial charge >= 0.3 is 0 Å². The summed E-state index contributed by atoms with van der Waals surface area (Å²) in [7, 11) is 0. The van der Waals surface area contributed by atoms with Gasteiger partial charge in [-0.2, -0.15) is 0 Å². The molecule has 0 bridgehead atoms. The Hall–Kier alpha value is -0.380. The van der Waals surface area contributed by atoms with Crippen molar-refractivity contribution in [3.8, 4) is 0 Å². The lowest BCUT2D eigenvalue weighted by atomic mass is 10.0. The Kier molecular flexibility index (Phi) is 3.72. The summed E-state index contributed by atoms with van der Waals surface area (Å²) < 4.78 is 0. The van der Waals surface area contributed by atoms with E-state index in [1.165, 1.54) is 0 Å². The van der Waals surface area contributed by atoms with Gasteiger partial charge in [-0.3, -0.25) is 0 Å². The lowest BCUT2D eigenvalue weighted by Gasteiger charge is -2.09. The standard InChI is InChI=1S/C9H15NOS/c1-2-3-8(10)7-4-5-12-9(7)6-11/h4-5,8,11H,2-3,6,10H2,1H3. The van der Waals surface area contributed by atoms with E-state index in [4.69, 9.17) is 10.8 Å². The van der Waals surface area contributed by atoms with Gasteiger partial charge < -0.3 is 10.8 Å². The summed E-state index contributed by atoms with van der Waals surface area (Å²) in [5.41, 5.74) is 7.04. The van der Waals surface area contributed by atoms with Gasteiger partial charge in [-0.05, 0) is 23.4 Å². The summed E-state index contributed by atoms with van der Waals surface area (Å²) in [5.74, 6) is 0. The first kappa shape index (κ1) is 9.71. The van der Waals surface area contributed by atoms with Crippen molar-refractivity contribution >= 4 is 11.3 Å². The summed E-state index contributed by atoms with van der Waals surface area (Å²) in [6.07, 6.45) is 2.08. The fourth-order valence-electron chi connectivity index (χ4n) is 1.28. The van der Waals surface area contributed by atoms with Crippen LogP contribution < -0.4 is 5.73 Å². The quantitative estimate of drug-likeness (QED) is 0.754. The van der Waals surface area contributed by atoms with Crippen LogP contribution in [-0.2, 0) is 6.61 Å². The molecule has 3 heteroatoms. The van der Waals surface area contributed by atoms with Crippen molar-refractivity contribution in [1.82, 2.24) is 0 Å². The maximum atomic E-state index is 8.98. The van der Waals surface area contributed by atoms with Crippen molar-refractivity contribution in [2.75, 3.05) is 0 Å². The number of hydrogen-bond donors (Lipinski definition) is 2. The minimum absolute atomic E-state index is 0.100. The van der Waals surface area contributed by atoms with E-state index in [0.29, 0.717) is 0 Å². The second-order valence-corrected chi connectivity index (χ2v) is 3.85. The monoisotopic (exact) mass is 185 g/mol. The van der Waals surface area contributed by atoms with Gasteiger partial charge in [0.2, 0.25) is 0 Å². The molecule has 0 aliphatic carbocycles. The summed E-state index contributed by atoms with van der Waals surface area (Å²) in [4.78, 5) is 1.01. The fourth-order valence-corrected chi connectivity index (χ4v) is 2.08. The Morgan fingerprint density at radius 3 is 3.00 bits per heavy atom. The third-order valence-electron chi connectivity index (χ3n) is 1.92. The molecule has 1 atom stereocenters. The first-order valence-corrected chi connectivity index (χ1v) is 5.10. The topological polar surface area (TPSA) is 46.2 Å². The van der Waals surface area contributed by atoms with Gasteiger partial charge in [0.1, 0.15) is 0 Å². The highest BCUT2D eigenvalue weighted by atomic mass is 32.1. The van der Waals surface area contributed by atoms with Crippen LogP contribution in [0.15, 0.2) is 11.4 Å². The second kappa shape index (κ2) is 4.60. The highest BCUT2D eigenvalue weighted by Crippen LogP contribution is 2.24. The summed E-state index contributed by atoms with van der Waals surface area (Å²) >= 11 is 1.57. The minimum Gasteiger partial charge on any atom is -0.391 e. The molecular weight excluding hydrogens is 170 g/mol. The number of aliphatic hydroxyl groups is 1. The fraction of sp³-hybridized carbons (Fsp3) is 0.556. The van der Waals surface area contributed by atoms with E-state index in [1.54, 1.807) is 11.3 Å². The predicted molar refractivity (Wildman–Crippen MR) is 52.1 cm³/mol. The van der Waals surface area contributed by atoms with Crippen molar-refractivity contribution in [2.45, 2.75) is 32.4 Å². The summed E-state index contributed by atoms with van der Waals surface area (Å²) in [6.45, 7) is 2.23. The minimum atomic E-state index is 0.100. The van der Waals surface area contributed by atoms with E-state index in [0.717, 1.165) is 23.3 Å². The molecule has 1 aromatic rings. The molecule has 0 aliphatic rings. The van der Waals surface area contributed by atoms with Crippen LogP contribution >= 0.6 is 11.3 Å². The maximum absolute atomic E-state index is 8.98. The Bertz CT molecular complexity index is 234. The molecule has 1 rings (SSSR count). The Morgan fingerprint density at radius 1 is 1.67 bits per heavy atom. The second-order valence-electron chi connectivity index (χ2n) is 2.85. The molecule has 12 heavy (non-hydrogen) atoms. The lowest BCUT2D eigenvalue weighted by molar-refractivity contribution is 0.283. The van der Waals surface area contributed by atoms with Crippen LogP contribution in [0.1, 0.15) is 36.2 Å². The van der Waals surface area contributed by atoms with Crippen LogP contribution in [0, 0.1) is 0 Å². The van der Waals surface area contributed by atoms with E-state index >= 15 is 0 Å². The van der Waals surface area contributed by atoms with Crippen molar-refractivity contribution in [2.24, 2.45) is 5.73 Å². The number of thiophene rings is 1. The molecule has 68 valence electrons. The van der Waals surface area contributed by atoms with Crippen LogP contribution in [0.3, 0.4) is 0 Å². The normalized spacial score (nSPS) is 13.2. The SMILES string of the molecule is CCCC(N)c1ccsc1CO. The van der Waals surface area contributed by atoms with Crippen LogP contribution in [0.2, 0.25) is 0 Å². The molecule has 0 amide bonds. The van der Waals surface area contributed by atoms with Gasteiger partial charge in [-0.25, -0.2) is 0 Å². The highest BCUT2D eigenvalue weighted by molar-refractivity contribution is 7.10. The smallest absolute Gasteiger partial charge is 0.0777 e. The van der Waals surface area contributed by atoms with E-state index in [2.05, 4.69) is 6.92 Å². The molecule has 0 radical (unpaired) electrons. The molecule has 1 unspecified atom stereocenters. The third kappa shape index (κ3) is 2.06. The summed E-state index contributed by atoms with van der Waals surface area (Å²) in [6, 6.07) is 2.11. The molecule has 0 saturated heterocycles. The van der Waals surface area contributed by atoms with Crippen molar-refractivity contribution in [3.63, 3.8) is 0 Å². The molecule has 1 aromatic heterocycles. The van der Waals surface area contributed by atoms with Crippen molar-refractivity contribution in [1.29, 1.82) is 0 Å². The van der Waals surface area contributed by atoms with Gasteiger partial charge in [0.05, 0.1) is 6.61 Å². The van der Waals surface area contributed by atoms with E-state index in [9.17, 15) is 0 Å². The van der Waals surface area contributed by atoms with Gasteiger partial charge in [-0.1, -0.05) is 13.3 Å². The number of rotatable bonds is 4. The zero-order valence-corrected chi connectivity index (χ0v) is 8.10. The van der Waals surface area contributed by atoms with E-state index in [1.807, 2.05) is 11.4 Å². The molecule has 0 aromatic carbocycles. The average molecular weight is 185 g/mol. The number of hydrogen-bond acceptors (Lipinski definition) is 3. The van der Waals surface area contributed by atoms with E-state index < -0.39 is 0 Å². The first-order valence-electron chi connectivity index (χ1n) is 4.22. The Morgan fingerprint density at radius 2 is 2.42 bits per heavy atom. The highest BCUT2D eigenvalue weighted by Gasteiger charge is 2.10. The summed E-state index contributed by atoms with van der Waals surface area (Å²) in [5, 5.41) is 11.0. The van der Waals surface area contributed by atoms with Crippen LogP contribution in [-0.4, -0.2) is 5.11 Å². The molecule has 3 N–H and O–H groups in total. The van der Waals surface area contributed by atoms with Crippen LogP contribution in [0.5, 0.6) is 0 Å². The van der Waals surface area contributed by atoms with Gasteiger partial charge in [0, 0.05) is 10.9 Å². The van der Waals surface area contributed by atoms with Crippen LogP contribution in [0.25, 0.3) is 0 Å². The Balaban J connectivity index is 2.71. The van der Waals surface area contributed by atoms with Gasteiger partial charge in [-0.15, -0.1) is 11.3 Å². The zero-order valence-electron chi connectivity index (χ0n) is 7.29. The van der Waals surface area contributed by atoms with Crippen molar-refractivity contribution in [3.05, 3.63) is 21.9 Å². The lowest BCUT2D eigenvalue weighted by Crippen LogP contribution is -2.10. The molecule has 0 spiro atoms. The average Bonchev–Trinajstić information content (AvgIpc) is 2.51. The third-order valence-corrected chi connectivity index (χ3v) is 2.84. The molecule has 1 heterocycles. The van der Waals surface area contributed by atoms with Crippen LogP contribution in [0.4, 0.5) is 0 Å². The molecule has 0 aliphatic heterocycles. The number of nitrogens with two attached hydrogens (primary N) is 1. The maximum Gasteiger partial charge on any atom is 0.0777 e. The van der Waals surface area contributed by atoms with Gasteiger partial charge in [0.15, 0.2) is 0 Å². The zero-order chi connectivity index (χ0) is 8.97. The van der Waals surface area contributed by atoms with Gasteiger partial charge in [0.25, 0.3) is 0 Å². The Labute approximate surface area is 77.0 Å².